The van der Waals surface area contributed by atoms with Crippen LogP contribution in [0.15, 0.2) is 166 Å². The van der Waals surface area contributed by atoms with Crippen molar-refractivity contribution in [3.63, 3.8) is 0 Å². The number of carbonyl (C=O) groups excluding carboxylic acids is 5. The topological polar surface area (TPSA) is 362 Å². The smallest absolute Gasteiger partial charge is 0.313 e. The van der Waals surface area contributed by atoms with E-state index in [4.69, 9.17) is 58.6 Å². The number of nitrogen functional groups attached to an aromatic ring is 1. The Bertz CT molecular complexity index is 6400. The van der Waals surface area contributed by atoms with Gasteiger partial charge in [-0.3, -0.25) is 29.1 Å². The number of anilines is 1. The third-order valence-corrected chi connectivity index (χ3v) is 22.9. The first-order chi connectivity index (χ1) is 59.7. The molecule has 0 radical (unpaired) electrons. The Balaban J connectivity index is 0.000000161. The molecule has 0 atom stereocenters. The average Bonchev–Trinajstić information content (AvgIpc) is 1.59. The highest BCUT2D eigenvalue weighted by Gasteiger charge is 2.50. The Hall–Kier alpha value is -10.7. The predicted octanol–water partition coefficient (Wildman–Crippen LogP) is 19.9. The third-order valence-electron chi connectivity index (χ3n) is 19.9. The summed E-state index contributed by atoms with van der Waals surface area (Å²) in [5.41, 5.74) is 13.6. The van der Waals surface area contributed by atoms with Gasteiger partial charge in [0.25, 0.3) is 5.91 Å². The van der Waals surface area contributed by atoms with Crippen LogP contribution in [0.25, 0.3) is 100 Å². The molecule has 1 saturated heterocycles. The van der Waals surface area contributed by atoms with Crippen LogP contribution in [0.1, 0.15) is 133 Å². The number of ether oxygens (including phenoxy) is 9. The molecule has 15 rings (SSSR count). The number of halogens is 5. The van der Waals surface area contributed by atoms with Crippen molar-refractivity contribution in [1.29, 1.82) is 0 Å². The number of aromatic amines is 1. The van der Waals surface area contributed by atoms with Gasteiger partial charge in [-0.25, -0.2) is 43.6 Å². The zero-order chi connectivity index (χ0) is 92.7. The van der Waals surface area contributed by atoms with E-state index in [1.807, 2.05) is 199 Å². The molecule has 1 amide bonds. The standard InChI is InChI=1S/C28H31N5O4.C26H33N3O5.C19H20BrN3O3.C12H13BrIN3O2.C6H3BrIN3/c1-28(2,3)27(35)37-16-33-25-21(24(31-33)19-9-7-8-10-23(19)36-6)14-18(15-30-25)17-11-12-22(29)20(13-17)26(34)32(4)5;1-24(2,3)23(30)32-15-29-21-18(20(28-29)17-11-9-10-12-19(17)31-8)13-16(14-27-21)22-33-25(4,5)26(6,7)34-22;1-19(2,3)18(24)26-11-23-17-14(9-12(20)10-21-17)16(22-23)13-7-5-6-8-15(13)25-4;1-12(2,3)11(18)19-6-17-10-8(9(14)16-17)4-7(13)5-15-10;7-3-1-4-5(8)10-11-6(4)9-2-3/h7-15H,16,29H2,1-6H3;9-14,22H,15H2,1-8H3;5-10H,11H2,1-4H3;4-5H,6H2,1-3H3;1-2H,(H,9,10,11). The molecule has 0 spiro atoms. The van der Waals surface area contributed by atoms with Crippen molar-refractivity contribution in [2.24, 2.45) is 21.7 Å². The van der Waals surface area contributed by atoms with Gasteiger partial charge < -0.3 is 53.3 Å². The average molecular weight is 2150 g/mol. The summed E-state index contributed by atoms with van der Waals surface area (Å²) in [4.78, 5) is 84.9. The molecular formula is C91H100Br3I2N17O14. The molecule has 4 aromatic carbocycles. The number of nitrogens with zero attached hydrogens (tertiary/aromatic N) is 15. The van der Waals surface area contributed by atoms with E-state index in [0.29, 0.717) is 62.5 Å². The maximum Gasteiger partial charge on any atom is 0.313 e. The largest absolute Gasteiger partial charge is 0.496 e. The number of fused-ring (bicyclic) bond motifs is 5. The van der Waals surface area contributed by atoms with Gasteiger partial charge in [-0.05, 0) is 288 Å². The van der Waals surface area contributed by atoms with Gasteiger partial charge in [0, 0.05) is 108 Å². The Morgan fingerprint density at radius 1 is 0.457 bits per heavy atom. The molecule has 127 heavy (non-hydrogen) atoms. The lowest BCUT2D eigenvalue weighted by atomic mass is 9.90. The maximum atomic E-state index is 12.6. The molecule has 31 nitrogen and oxygen atoms in total. The number of rotatable bonds is 17. The fourth-order valence-corrected chi connectivity index (χ4v) is 14.4. The zero-order valence-electron chi connectivity index (χ0n) is 74.2. The fraction of sp³-hybridized carbons (Fsp3) is 0.352. The second-order valence-corrected chi connectivity index (χ2v) is 39.5. The molecule has 11 heterocycles. The SMILES string of the molecule is Brc1cnc2n[nH]c(I)c2c1.CC(C)(C)C(=O)OCn1nc(I)c2cc(Br)cnc21.COc1ccccc1-c1nn(COC(=O)C(C)(C)C)c2ncc(-c3ccc(N)c(C(=O)N(C)C)c3)cc12.COc1ccccc1-c1nn(COC(=O)C(C)(C)C)c2ncc(Br)cc12.COc1ccccc1-c1nn(COC(=O)C(C)(C)C)c2ncc(C3OC(C)(C)C(C)(C)O3)cc12. The number of pyridine rings is 5. The number of hydrogen-bond donors (Lipinski definition) is 2. The Labute approximate surface area is 787 Å². The monoisotopic (exact) mass is 2150 g/mol. The van der Waals surface area contributed by atoms with Crippen molar-refractivity contribution in [3.05, 3.63) is 184 Å². The van der Waals surface area contributed by atoms with Gasteiger partial charge in [0.15, 0.2) is 61.4 Å². The molecule has 36 heteroatoms. The van der Waals surface area contributed by atoms with Crippen molar-refractivity contribution in [3.8, 4) is 62.1 Å². The van der Waals surface area contributed by atoms with Crippen molar-refractivity contribution in [2.75, 3.05) is 41.2 Å². The minimum Gasteiger partial charge on any atom is -0.496 e. The van der Waals surface area contributed by atoms with Crippen LogP contribution in [0.5, 0.6) is 17.2 Å². The number of nitrogens with two attached hydrogens (primary N) is 1. The molecule has 1 fully saturated rings. The molecule has 0 saturated carbocycles. The highest BCUT2D eigenvalue weighted by molar-refractivity contribution is 14.1. The number of nitrogens with one attached hydrogen (secondary N) is 1. The lowest BCUT2D eigenvalue weighted by Crippen LogP contribution is -2.41. The summed E-state index contributed by atoms with van der Waals surface area (Å²) < 4.78 is 61.7. The van der Waals surface area contributed by atoms with E-state index in [0.717, 1.165) is 92.5 Å². The number of methoxy groups -OCH3 is 3. The van der Waals surface area contributed by atoms with E-state index in [1.54, 1.807) is 118 Å². The predicted molar refractivity (Wildman–Crippen MR) is 512 cm³/mol. The first-order valence-corrected chi connectivity index (χ1v) is 44.4. The number of H-pyrrole nitrogens is 1. The summed E-state index contributed by atoms with van der Waals surface area (Å²) in [5.74, 6) is 0.650. The highest BCUT2D eigenvalue weighted by atomic mass is 127. The molecule has 0 aliphatic carbocycles. The Morgan fingerprint density at radius 3 is 1.22 bits per heavy atom. The number of benzene rings is 4. The van der Waals surface area contributed by atoms with E-state index >= 15 is 0 Å². The second kappa shape index (κ2) is 39.9. The van der Waals surface area contributed by atoms with Crippen molar-refractivity contribution < 1.29 is 66.6 Å². The Morgan fingerprint density at radius 2 is 0.811 bits per heavy atom. The molecule has 10 aromatic heterocycles. The fourth-order valence-electron chi connectivity index (χ4n) is 12.3. The number of para-hydroxylation sites is 3. The third kappa shape index (κ3) is 22.9. The van der Waals surface area contributed by atoms with E-state index < -0.39 is 39.2 Å². The summed E-state index contributed by atoms with van der Waals surface area (Å²) in [6.45, 7) is 29.7. The zero-order valence-corrected chi connectivity index (χ0v) is 83.3. The molecule has 14 aromatic rings. The first kappa shape index (κ1) is 97.0. The minimum atomic E-state index is -0.647. The number of aromatic nitrogens is 15. The summed E-state index contributed by atoms with van der Waals surface area (Å²) in [7, 11) is 8.21. The van der Waals surface area contributed by atoms with E-state index in [2.05, 4.69) is 138 Å². The number of esters is 4. The van der Waals surface area contributed by atoms with Crippen LogP contribution in [0.4, 0.5) is 5.69 Å². The molecular weight excluding hydrogens is 2050 g/mol. The first-order valence-electron chi connectivity index (χ1n) is 39.9. The van der Waals surface area contributed by atoms with Gasteiger partial charge in [0.2, 0.25) is 0 Å². The number of amides is 1. The van der Waals surface area contributed by atoms with Crippen LogP contribution in [0, 0.1) is 29.1 Å². The summed E-state index contributed by atoms with van der Waals surface area (Å²) in [5, 5.41) is 29.7. The Kier molecular flexibility index (Phi) is 30.5. The number of carbonyl (C=O) groups is 5. The van der Waals surface area contributed by atoms with Crippen LogP contribution < -0.4 is 19.9 Å². The minimum absolute atomic E-state index is 0.00359. The van der Waals surface area contributed by atoms with Gasteiger partial charge in [0.05, 0.1) is 70.5 Å². The molecule has 0 bridgehead atoms. The molecule has 3 N–H and O–H groups in total. The van der Waals surface area contributed by atoms with Crippen molar-refractivity contribution in [1.82, 2.24) is 79.1 Å². The summed E-state index contributed by atoms with van der Waals surface area (Å²) in [6, 6.07) is 38.0. The van der Waals surface area contributed by atoms with E-state index in [9.17, 15) is 24.0 Å². The summed E-state index contributed by atoms with van der Waals surface area (Å²) >= 11 is 14.5. The maximum absolute atomic E-state index is 12.6. The second-order valence-electron chi connectivity index (χ2n) is 34.6. The molecule has 1 aliphatic rings. The van der Waals surface area contributed by atoms with Crippen LogP contribution in [-0.4, -0.2) is 156 Å². The van der Waals surface area contributed by atoms with Gasteiger partial charge >= 0.3 is 23.9 Å². The van der Waals surface area contributed by atoms with Gasteiger partial charge in [-0.1, -0.05) is 42.5 Å². The molecule has 1 aliphatic heterocycles. The lowest BCUT2D eigenvalue weighted by molar-refractivity contribution is -0.158. The van der Waals surface area contributed by atoms with E-state index in [-0.39, 0.29) is 56.7 Å². The van der Waals surface area contributed by atoms with Crippen LogP contribution in [0.3, 0.4) is 0 Å². The number of hydrogen-bond acceptors (Lipinski definition) is 25. The summed E-state index contributed by atoms with van der Waals surface area (Å²) in [6.07, 6.45) is 7.99. The van der Waals surface area contributed by atoms with Crippen molar-refractivity contribution in [2.45, 2.75) is 155 Å². The van der Waals surface area contributed by atoms with Crippen molar-refractivity contribution >= 4 is 184 Å². The van der Waals surface area contributed by atoms with Crippen LogP contribution in [0.2, 0.25) is 0 Å². The highest BCUT2D eigenvalue weighted by Crippen LogP contribution is 2.47. The van der Waals surface area contributed by atoms with Gasteiger partial charge in [-0.15, -0.1) is 0 Å². The normalized spacial score (nSPS) is 13.1. The van der Waals surface area contributed by atoms with E-state index in [1.165, 1.54) is 4.90 Å². The van der Waals surface area contributed by atoms with Crippen LogP contribution in [-0.2, 0) is 74.5 Å². The molecule has 0 unspecified atom stereocenters. The lowest BCUT2D eigenvalue weighted by Gasteiger charge is -2.30. The quantitative estimate of drug-likeness (QED) is 0.0370. The van der Waals surface area contributed by atoms with Crippen LogP contribution >= 0.6 is 93.0 Å². The van der Waals surface area contributed by atoms with Gasteiger partial charge in [-0.2, -0.15) is 25.5 Å². The molecule has 668 valence electrons. The van der Waals surface area contributed by atoms with Gasteiger partial charge in [0.1, 0.15) is 41.7 Å².